The Morgan fingerprint density at radius 1 is 1.48 bits per heavy atom. The van der Waals surface area contributed by atoms with Gasteiger partial charge in [0.05, 0.1) is 18.1 Å². The number of carbonyl (C=O) groups excluding carboxylic acids is 1. The zero-order valence-electron chi connectivity index (χ0n) is 11.4. The van der Waals surface area contributed by atoms with Crippen LogP contribution >= 0.6 is 11.6 Å². The van der Waals surface area contributed by atoms with Crippen LogP contribution in [0.2, 0.25) is 5.02 Å². The van der Waals surface area contributed by atoms with Crippen molar-refractivity contribution in [3.63, 3.8) is 0 Å². The minimum absolute atomic E-state index is 0.0444. The van der Waals surface area contributed by atoms with Crippen molar-refractivity contribution in [3.8, 4) is 0 Å². The van der Waals surface area contributed by atoms with E-state index >= 15 is 0 Å². The summed E-state index contributed by atoms with van der Waals surface area (Å²) < 4.78 is 44.0. The van der Waals surface area contributed by atoms with Gasteiger partial charge in [-0.15, -0.1) is 0 Å². The van der Waals surface area contributed by atoms with Gasteiger partial charge in [-0.25, -0.2) is 12.8 Å². The molecule has 21 heavy (non-hydrogen) atoms. The van der Waals surface area contributed by atoms with Crippen molar-refractivity contribution >= 4 is 27.6 Å². The summed E-state index contributed by atoms with van der Waals surface area (Å²) in [6.07, 6.45) is 1.13. The molecule has 0 amide bonds. The fraction of sp³-hybridized carbons (Fsp3) is 0.462. The van der Waals surface area contributed by atoms with E-state index in [2.05, 4.69) is 4.74 Å². The maximum atomic E-state index is 13.0. The highest BCUT2D eigenvalue weighted by atomic mass is 35.5. The van der Waals surface area contributed by atoms with Crippen LogP contribution in [0.1, 0.15) is 12.8 Å². The average molecular weight is 336 g/mol. The summed E-state index contributed by atoms with van der Waals surface area (Å²) in [6, 6.07) is 3.13. The smallest absolute Gasteiger partial charge is 0.309 e. The number of halogens is 2. The molecule has 1 atom stereocenters. The molecule has 0 aliphatic carbocycles. The Morgan fingerprint density at radius 2 is 2.19 bits per heavy atom. The number of ether oxygens (including phenoxy) is 1. The molecule has 0 radical (unpaired) electrons. The predicted octanol–water partition coefficient (Wildman–Crippen LogP) is 2.05. The second-order valence-electron chi connectivity index (χ2n) is 4.80. The molecule has 1 saturated heterocycles. The van der Waals surface area contributed by atoms with E-state index in [0.717, 1.165) is 18.2 Å². The number of esters is 1. The maximum absolute atomic E-state index is 13.0. The summed E-state index contributed by atoms with van der Waals surface area (Å²) >= 11 is 5.82. The van der Waals surface area contributed by atoms with Crippen molar-refractivity contribution in [2.24, 2.45) is 5.92 Å². The SMILES string of the molecule is COC(=O)[C@H]1CCCN(S(=O)(=O)c2ccc(F)cc2Cl)C1. The standard InChI is InChI=1S/C13H15ClFNO4S/c1-20-13(17)9-3-2-6-16(8-9)21(18,19)12-5-4-10(15)7-11(12)14/h4-5,7,9H,2-3,6,8H2,1H3/t9-/m0/s1. The summed E-state index contributed by atoms with van der Waals surface area (Å²) in [5.74, 6) is -1.53. The summed E-state index contributed by atoms with van der Waals surface area (Å²) in [7, 11) is -2.59. The number of hydrogen-bond donors (Lipinski definition) is 0. The second kappa shape index (κ2) is 6.29. The first-order valence-electron chi connectivity index (χ1n) is 6.39. The van der Waals surface area contributed by atoms with Gasteiger partial charge in [0.15, 0.2) is 0 Å². The fourth-order valence-corrected chi connectivity index (χ4v) is 4.37. The number of hydrogen-bond acceptors (Lipinski definition) is 4. The van der Waals surface area contributed by atoms with E-state index in [1.165, 1.54) is 11.4 Å². The molecule has 1 heterocycles. The van der Waals surface area contributed by atoms with Crippen LogP contribution < -0.4 is 0 Å². The van der Waals surface area contributed by atoms with Crippen molar-refractivity contribution in [2.45, 2.75) is 17.7 Å². The maximum Gasteiger partial charge on any atom is 0.309 e. The Labute approximate surface area is 127 Å². The van der Waals surface area contributed by atoms with Crippen molar-refractivity contribution in [1.29, 1.82) is 0 Å². The van der Waals surface area contributed by atoms with Gasteiger partial charge in [0.1, 0.15) is 10.7 Å². The number of piperidine rings is 1. The van der Waals surface area contributed by atoms with Crippen LogP contribution in [0.25, 0.3) is 0 Å². The lowest BCUT2D eigenvalue weighted by Gasteiger charge is -2.30. The number of sulfonamides is 1. The van der Waals surface area contributed by atoms with E-state index in [1.54, 1.807) is 0 Å². The van der Waals surface area contributed by atoms with E-state index < -0.39 is 27.7 Å². The number of methoxy groups -OCH3 is 1. The summed E-state index contributed by atoms with van der Waals surface area (Å²) in [6.45, 7) is 0.340. The molecule has 8 heteroatoms. The fourth-order valence-electron chi connectivity index (χ4n) is 2.34. The molecule has 0 N–H and O–H groups in total. The highest BCUT2D eigenvalue weighted by molar-refractivity contribution is 7.89. The largest absolute Gasteiger partial charge is 0.469 e. The van der Waals surface area contributed by atoms with Gasteiger partial charge in [0.25, 0.3) is 0 Å². The van der Waals surface area contributed by atoms with E-state index in [-0.39, 0.29) is 16.5 Å². The molecular formula is C13H15ClFNO4S. The van der Waals surface area contributed by atoms with Crippen molar-refractivity contribution in [2.75, 3.05) is 20.2 Å². The Balaban J connectivity index is 2.28. The highest BCUT2D eigenvalue weighted by Crippen LogP contribution is 2.29. The Hall–Kier alpha value is -1.18. The Kier molecular flexibility index (Phi) is 4.85. The quantitative estimate of drug-likeness (QED) is 0.793. The first kappa shape index (κ1) is 16.2. The third-order valence-corrected chi connectivity index (χ3v) is 5.78. The van der Waals surface area contributed by atoms with Gasteiger partial charge in [-0.2, -0.15) is 4.31 Å². The number of carbonyl (C=O) groups is 1. The third kappa shape index (κ3) is 3.36. The molecule has 5 nitrogen and oxygen atoms in total. The lowest BCUT2D eigenvalue weighted by Crippen LogP contribution is -2.42. The molecule has 1 aromatic carbocycles. The minimum Gasteiger partial charge on any atom is -0.469 e. The normalized spacial score (nSPS) is 20.2. The van der Waals surface area contributed by atoms with Crippen LogP contribution in [0.5, 0.6) is 0 Å². The monoisotopic (exact) mass is 335 g/mol. The van der Waals surface area contributed by atoms with Crippen LogP contribution in [0, 0.1) is 11.7 Å². The summed E-state index contributed by atoms with van der Waals surface area (Å²) in [5.41, 5.74) is 0. The molecule has 0 bridgehead atoms. The molecule has 0 aromatic heterocycles. The molecule has 1 fully saturated rings. The minimum atomic E-state index is -3.86. The van der Waals surface area contributed by atoms with Crippen LogP contribution in [0.4, 0.5) is 4.39 Å². The number of rotatable bonds is 3. The van der Waals surface area contributed by atoms with Crippen LogP contribution in [-0.4, -0.2) is 38.9 Å². The molecule has 0 unspecified atom stereocenters. The van der Waals surface area contributed by atoms with E-state index in [1.807, 2.05) is 0 Å². The molecule has 0 spiro atoms. The predicted molar refractivity (Wildman–Crippen MR) is 74.9 cm³/mol. The van der Waals surface area contributed by atoms with E-state index in [9.17, 15) is 17.6 Å². The molecule has 2 rings (SSSR count). The highest BCUT2D eigenvalue weighted by Gasteiger charge is 2.34. The molecule has 0 saturated carbocycles. The van der Waals surface area contributed by atoms with Crippen LogP contribution in [0.15, 0.2) is 23.1 Å². The molecule has 116 valence electrons. The lowest BCUT2D eigenvalue weighted by atomic mass is 10.0. The molecule has 1 aromatic rings. The van der Waals surface area contributed by atoms with Crippen LogP contribution in [0.3, 0.4) is 0 Å². The van der Waals surface area contributed by atoms with Crippen molar-refractivity contribution < 1.29 is 22.3 Å². The third-order valence-electron chi connectivity index (χ3n) is 3.43. The van der Waals surface area contributed by atoms with Gasteiger partial charge < -0.3 is 4.74 Å². The Morgan fingerprint density at radius 3 is 2.81 bits per heavy atom. The van der Waals surface area contributed by atoms with Crippen molar-refractivity contribution in [3.05, 3.63) is 29.0 Å². The van der Waals surface area contributed by atoms with Gasteiger partial charge >= 0.3 is 5.97 Å². The average Bonchev–Trinajstić information content (AvgIpc) is 2.46. The first-order chi connectivity index (χ1) is 9.86. The van der Waals surface area contributed by atoms with Gasteiger partial charge in [-0.05, 0) is 31.0 Å². The zero-order chi connectivity index (χ0) is 15.6. The van der Waals surface area contributed by atoms with Gasteiger partial charge in [-0.1, -0.05) is 11.6 Å². The van der Waals surface area contributed by atoms with Gasteiger partial charge in [0.2, 0.25) is 10.0 Å². The van der Waals surface area contributed by atoms with E-state index in [4.69, 9.17) is 11.6 Å². The van der Waals surface area contributed by atoms with Crippen molar-refractivity contribution in [1.82, 2.24) is 4.31 Å². The van der Waals surface area contributed by atoms with E-state index in [0.29, 0.717) is 19.4 Å². The Bertz CT molecular complexity index is 650. The topological polar surface area (TPSA) is 63.7 Å². The zero-order valence-corrected chi connectivity index (χ0v) is 13.0. The lowest BCUT2D eigenvalue weighted by molar-refractivity contribution is -0.146. The van der Waals surface area contributed by atoms with Gasteiger partial charge in [0, 0.05) is 13.1 Å². The van der Waals surface area contributed by atoms with Gasteiger partial charge in [-0.3, -0.25) is 4.79 Å². The second-order valence-corrected chi connectivity index (χ2v) is 7.11. The number of benzene rings is 1. The summed E-state index contributed by atoms with van der Waals surface area (Å²) in [5, 5.41) is -0.171. The molecular weight excluding hydrogens is 321 g/mol. The summed E-state index contributed by atoms with van der Waals surface area (Å²) in [4.78, 5) is 11.4. The number of nitrogens with zero attached hydrogens (tertiary/aromatic N) is 1. The molecule has 1 aliphatic heterocycles. The van der Waals surface area contributed by atoms with Crippen LogP contribution in [-0.2, 0) is 19.6 Å². The molecule has 1 aliphatic rings. The first-order valence-corrected chi connectivity index (χ1v) is 8.21.